The van der Waals surface area contributed by atoms with Crippen molar-refractivity contribution >= 4 is 40.4 Å². The van der Waals surface area contributed by atoms with Gasteiger partial charge < -0.3 is 20.9 Å². The summed E-state index contributed by atoms with van der Waals surface area (Å²) in [6, 6.07) is 15.4. The number of hydrogen-bond acceptors (Lipinski definition) is 9. The van der Waals surface area contributed by atoms with Gasteiger partial charge in [0.15, 0.2) is 12.4 Å². The molecule has 0 saturated carbocycles. The summed E-state index contributed by atoms with van der Waals surface area (Å²) >= 11 is 0. The van der Waals surface area contributed by atoms with Crippen molar-refractivity contribution in [3.8, 4) is 5.75 Å². The number of esters is 1. The minimum Gasteiger partial charge on any atom is -0.497 e. The van der Waals surface area contributed by atoms with Gasteiger partial charge in [0.1, 0.15) is 5.75 Å². The van der Waals surface area contributed by atoms with E-state index in [-0.39, 0.29) is 24.3 Å². The molecule has 2 aromatic heterocycles. The van der Waals surface area contributed by atoms with Crippen LogP contribution in [0.5, 0.6) is 5.75 Å². The van der Waals surface area contributed by atoms with Crippen molar-refractivity contribution in [2.75, 3.05) is 18.6 Å². The Hall–Kier alpha value is -4.53. The molecule has 0 saturated heterocycles. The van der Waals surface area contributed by atoms with Crippen molar-refractivity contribution in [2.45, 2.75) is 25.9 Å². The molecular weight excluding hydrogens is 444 g/mol. The van der Waals surface area contributed by atoms with Crippen molar-refractivity contribution in [3.05, 3.63) is 76.7 Å². The molecule has 0 radical (unpaired) electrons. The predicted octanol–water partition coefficient (Wildman–Crippen LogP) is 3.83. The zero-order chi connectivity index (χ0) is 24.4. The first-order valence-corrected chi connectivity index (χ1v) is 11.2. The lowest BCUT2D eigenvalue weighted by molar-refractivity contribution is 0.0463. The third kappa shape index (κ3) is 4.61. The van der Waals surface area contributed by atoms with E-state index in [1.165, 1.54) is 0 Å². The van der Waals surface area contributed by atoms with E-state index < -0.39 is 5.97 Å². The first-order valence-electron chi connectivity index (χ1n) is 11.2. The van der Waals surface area contributed by atoms with E-state index >= 15 is 0 Å². The first kappa shape index (κ1) is 22.3. The van der Waals surface area contributed by atoms with Gasteiger partial charge in [-0.05, 0) is 60.2 Å². The molecule has 0 spiro atoms. The van der Waals surface area contributed by atoms with Gasteiger partial charge >= 0.3 is 5.97 Å². The van der Waals surface area contributed by atoms with Gasteiger partial charge in [0.05, 0.1) is 23.9 Å². The molecule has 1 aliphatic rings. The largest absolute Gasteiger partial charge is 0.497 e. The number of ether oxygens (including phenoxy) is 2. The Morgan fingerprint density at radius 2 is 1.71 bits per heavy atom. The number of methoxy groups -OCH3 is 1. The molecule has 0 atom stereocenters. The number of para-hydroxylation sites is 1. The maximum absolute atomic E-state index is 13.4. The highest BCUT2D eigenvalue weighted by Gasteiger charge is 2.26. The summed E-state index contributed by atoms with van der Waals surface area (Å²) in [5.41, 5.74) is 16.3. The Kier molecular flexibility index (Phi) is 5.97. The summed E-state index contributed by atoms with van der Waals surface area (Å²) < 4.78 is 10.9. The third-order valence-electron chi connectivity index (χ3n) is 5.88. The Labute approximate surface area is 201 Å². The van der Waals surface area contributed by atoms with Crippen LogP contribution in [0.2, 0.25) is 0 Å². The second-order valence-electron chi connectivity index (χ2n) is 8.17. The zero-order valence-electron chi connectivity index (χ0n) is 19.2. The van der Waals surface area contributed by atoms with Gasteiger partial charge in [-0.15, -0.1) is 0 Å². The number of nitrogens with zero attached hydrogens (tertiary/aromatic N) is 4. The third-order valence-corrected chi connectivity index (χ3v) is 5.88. The molecule has 1 aliphatic carbocycles. The number of allylic oxidation sites excluding steroid dienone is 1. The summed E-state index contributed by atoms with van der Waals surface area (Å²) in [6.45, 7) is -0.171. The molecule has 2 aromatic carbocycles. The second kappa shape index (κ2) is 9.38. The van der Waals surface area contributed by atoms with Gasteiger partial charge in [-0.25, -0.2) is 9.78 Å². The molecular formula is C26H24N6O3. The molecule has 2 heterocycles. The van der Waals surface area contributed by atoms with E-state index in [2.05, 4.69) is 21.0 Å². The average Bonchev–Trinajstić information content (AvgIpc) is 2.86. The monoisotopic (exact) mass is 468 g/mol. The fourth-order valence-corrected chi connectivity index (χ4v) is 4.33. The van der Waals surface area contributed by atoms with Gasteiger partial charge in [-0.3, -0.25) is 0 Å². The van der Waals surface area contributed by atoms with Crippen molar-refractivity contribution in [3.63, 3.8) is 0 Å². The number of rotatable bonds is 5. The lowest BCUT2D eigenvalue weighted by Crippen LogP contribution is -2.16. The number of aromatic nitrogens is 4. The Bertz CT molecular complexity index is 1430. The molecule has 9 nitrogen and oxygen atoms in total. The van der Waals surface area contributed by atoms with E-state index in [4.69, 9.17) is 25.9 Å². The van der Waals surface area contributed by atoms with Crippen LogP contribution < -0.4 is 16.2 Å². The van der Waals surface area contributed by atoms with Crippen LogP contribution in [0.15, 0.2) is 48.5 Å². The topological polar surface area (TPSA) is 139 Å². The summed E-state index contributed by atoms with van der Waals surface area (Å²) in [4.78, 5) is 30.1. The number of nitrogens with two attached hydrogens (primary N) is 2. The van der Waals surface area contributed by atoms with Gasteiger partial charge in [0.25, 0.3) is 0 Å². The lowest BCUT2D eigenvalue weighted by Gasteiger charge is -2.22. The number of carbonyl (C=O) groups excluding carboxylic acids is 1. The molecule has 35 heavy (non-hydrogen) atoms. The number of nitrogen functional groups attached to an aromatic ring is 2. The molecule has 9 heteroatoms. The van der Waals surface area contributed by atoms with E-state index in [1.807, 2.05) is 48.5 Å². The van der Waals surface area contributed by atoms with Crippen LogP contribution in [0.25, 0.3) is 22.6 Å². The molecule has 4 N–H and O–H groups in total. The maximum atomic E-state index is 13.4. The summed E-state index contributed by atoms with van der Waals surface area (Å²) in [5.74, 6) is 0.470. The summed E-state index contributed by atoms with van der Waals surface area (Å²) in [6.07, 6.45) is 4.60. The Balaban J connectivity index is 1.55. The molecule has 0 unspecified atom stereocenters. The first-order chi connectivity index (χ1) is 17.0. The minimum atomic E-state index is -0.469. The molecule has 176 valence electrons. The lowest BCUT2D eigenvalue weighted by atomic mass is 9.86. The standard InChI is InChI=1S/C26H24N6O3/c1-34-17-11-9-15(10-12-17)13-16-5-4-7-19-22(18-6-2-3-8-20(18)29-23(16)19)24(33)35-14-21-30-25(27)32-26(28)31-21/h2-3,6,8-13H,4-5,7,14H2,1H3,(H4,27,28,30,31,32)/b16-13-. The van der Waals surface area contributed by atoms with Crippen molar-refractivity contribution < 1.29 is 14.3 Å². The molecule has 4 aromatic rings. The fourth-order valence-electron chi connectivity index (χ4n) is 4.33. The van der Waals surface area contributed by atoms with Crippen LogP contribution in [-0.2, 0) is 17.8 Å². The number of hydrogen-bond donors (Lipinski definition) is 2. The van der Waals surface area contributed by atoms with Crippen LogP contribution >= 0.6 is 0 Å². The average molecular weight is 469 g/mol. The molecule has 0 aliphatic heterocycles. The van der Waals surface area contributed by atoms with Crippen LogP contribution in [0.4, 0.5) is 11.9 Å². The van der Waals surface area contributed by atoms with E-state index in [0.29, 0.717) is 5.56 Å². The molecule has 0 fully saturated rings. The second-order valence-corrected chi connectivity index (χ2v) is 8.17. The maximum Gasteiger partial charge on any atom is 0.339 e. The smallest absolute Gasteiger partial charge is 0.339 e. The zero-order valence-corrected chi connectivity index (χ0v) is 19.2. The van der Waals surface area contributed by atoms with Crippen LogP contribution in [0, 0.1) is 0 Å². The van der Waals surface area contributed by atoms with E-state index in [1.54, 1.807) is 7.11 Å². The van der Waals surface area contributed by atoms with Crippen LogP contribution in [0.1, 0.15) is 45.8 Å². The van der Waals surface area contributed by atoms with Gasteiger partial charge in [0.2, 0.25) is 11.9 Å². The quantitative estimate of drug-likeness (QED) is 0.418. The predicted molar refractivity (Wildman–Crippen MR) is 133 cm³/mol. The van der Waals surface area contributed by atoms with Gasteiger partial charge in [0, 0.05) is 5.39 Å². The highest BCUT2D eigenvalue weighted by Crippen LogP contribution is 2.36. The van der Waals surface area contributed by atoms with Crippen molar-refractivity contribution in [1.29, 1.82) is 0 Å². The van der Waals surface area contributed by atoms with E-state index in [9.17, 15) is 4.79 Å². The highest BCUT2D eigenvalue weighted by atomic mass is 16.5. The van der Waals surface area contributed by atoms with Crippen LogP contribution in [-0.4, -0.2) is 33.0 Å². The number of pyridine rings is 1. The minimum absolute atomic E-state index is 0.0244. The number of benzene rings is 2. The number of anilines is 2. The SMILES string of the molecule is COc1ccc(/C=C2/CCCc3c2nc2ccccc2c3C(=O)OCc2nc(N)nc(N)n2)cc1. The van der Waals surface area contributed by atoms with E-state index in [0.717, 1.165) is 58.3 Å². The normalized spacial score (nSPS) is 14.0. The van der Waals surface area contributed by atoms with Crippen molar-refractivity contribution in [2.24, 2.45) is 0 Å². The summed E-state index contributed by atoms with van der Waals surface area (Å²) in [7, 11) is 1.64. The number of fused-ring (bicyclic) bond motifs is 2. The number of carbonyl (C=O) groups is 1. The Morgan fingerprint density at radius 1 is 0.971 bits per heavy atom. The Morgan fingerprint density at radius 3 is 2.46 bits per heavy atom. The molecule has 5 rings (SSSR count). The fraction of sp³-hybridized carbons (Fsp3) is 0.192. The highest BCUT2D eigenvalue weighted by molar-refractivity contribution is 6.06. The van der Waals surface area contributed by atoms with Gasteiger partial charge in [-0.1, -0.05) is 30.3 Å². The van der Waals surface area contributed by atoms with Crippen LogP contribution in [0.3, 0.4) is 0 Å². The molecule has 0 bridgehead atoms. The molecule has 0 amide bonds. The van der Waals surface area contributed by atoms with Crippen molar-refractivity contribution in [1.82, 2.24) is 19.9 Å². The summed E-state index contributed by atoms with van der Waals surface area (Å²) in [5, 5.41) is 0.747. The van der Waals surface area contributed by atoms with Gasteiger partial charge in [-0.2, -0.15) is 15.0 Å².